The summed E-state index contributed by atoms with van der Waals surface area (Å²) in [5.74, 6) is -1.69. The fraction of sp³-hybridized carbons (Fsp3) is 0.259. The summed E-state index contributed by atoms with van der Waals surface area (Å²) in [4.78, 5) is 40.6. The molecule has 0 bridgehead atoms. The van der Waals surface area contributed by atoms with Gasteiger partial charge < -0.3 is 20.5 Å². The van der Waals surface area contributed by atoms with Crippen molar-refractivity contribution in [3.8, 4) is 11.1 Å². The van der Waals surface area contributed by atoms with Crippen molar-refractivity contribution >= 4 is 23.7 Å². The number of carbonyl (C=O) groups excluding carboxylic acids is 2. The van der Waals surface area contributed by atoms with Gasteiger partial charge in [0.25, 0.3) is 0 Å². The van der Waals surface area contributed by atoms with Crippen LogP contribution in [0.3, 0.4) is 0 Å². The number of carboxylic acids is 1. The van der Waals surface area contributed by atoms with Crippen molar-refractivity contribution in [3.63, 3.8) is 0 Å². The number of unbranched alkanes of at least 4 members (excludes halogenated alkanes) is 1. The van der Waals surface area contributed by atoms with E-state index in [0.717, 1.165) is 35.1 Å². The van der Waals surface area contributed by atoms with Gasteiger partial charge in [0, 0.05) is 12.1 Å². The number of nitrogens with one attached hydrogen (secondary N) is 2. The number of fused-ring (bicyclic) bond motifs is 3. The summed E-state index contributed by atoms with van der Waals surface area (Å²) in [5, 5.41) is 14.4. The van der Waals surface area contributed by atoms with E-state index in [2.05, 4.69) is 27.8 Å². The van der Waals surface area contributed by atoms with Crippen LogP contribution in [0.25, 0.3) is 11.1 Å². The topological polar surface area (TPSA) is 118 Å². The number of hydrogen-bond donors (Lipinski definition) is 3. The van der Waals surface area contributed by atoms with Gasteiger partial charge in [0.15, 0.2) is 0 Å². The van der Waals surface area contributed by atoms with Gasteiger partial charge in [-0.1, -0.05) is 68.3 Å². The Morgan fingerprint density at radius 2 is 1.69 bits per heavy atom. The number of aromatic nitrogens is 1. The predicted molar refractivity (Wildman–Crippen MR) is 131 cm³/mol. The molecule has 1 unspecified atom stereocenters. The van der Waals surface area contributed by atoms with E-state index in [4.69, 9.17) is 9.84 Å². The van der Waals surface area contributed by atoms with Gasteiger partial charge in [-0.05, 0) is 34.7 Å². The first-order valence-electron chi connectivity index (χ1n) is 11.6. The second-order valence-corrected chi connectivity index (χ2v) is 8.42. The largest absolute Gasteiger partial charge is 0.478 e. The lowest BCUT2D eigenvalue weighted by Crippen LogP contribution is -2.44. The lowest BCUT2D eigenvalue weighted by Gasteiger charge is -2.19. The molecule has 1 heterocycles. The van der Waals surface area contributed by atoms with E-state index in [1.807, 2.05) is 43.3 Å². The van der Waals surface area contributed by atoms with Crippen molar-refractivity contribution in [1.82, 2.24) is 10.3 Å². The van der Waals surface area contributed by atoms with Gasteiger partial charge in [-0.3, -0.25) is 9.78 Å². The summed E-state index contributed by atoms with van der Waals surface area (Å²) in [6, 6.07) is 16.6. The molecule has 3 aromatic rings. The maximum Gasteiger partial charge on any atom is 0.407 e. The number of rotatable bonds is 9. The highest BCUT2D eigenvalue weighted by molar-refractivity contribution is 5.97. The zero-order valence-corrected chi connectivity index (χ0v) is 19.4. The molecule has 2 amide bonds. The SMILES string of the molecule is CCCCC(NC(=O)OCC1c2ccccc2-c2ccccc21)C(=O)Nc1cncc(C(=O)O)c1. The molecule has 0 fully saturated rings. The second-order valence-electron chi connectivity index (χ2n) is 8.42. The molecule has 1 aromatic heterocycles. The molecule has 8 nitrogen and oxygen atoms in total. The lowest BCUT2D eigenvalue weighted by molar-refractivity contribution is -0.118. The Labute approximate surface area is 203 Å². The molecule has 2 aromatic carbocycles. The molecule has 0 saturated carbocycles. The van der Waals surface area contributed by atoms with Crippen molar-refractivity contribution in [2.24, 2.45) is 0 Å². The number of nitrogens with zero attached hydrogens (tertiary/aromatic N) is 1. The zero-order chi connectivity index (χ0) is 24.8. The molecule has 180 valence electrons. The summed E-state index contributed by atoms with van der Waals surface area (Å²) in [7, 11) is 0. The highest BCUT2D eigenvalue weighted by Gasteiger charge is 2.29. The van der Waals surface area contributed by atoms with Crippen LogP contribution in [-0.2, 0) is 9.53 Å². The van der Waals surface area contributed by atoms with Crippen LogP contribution < -0.4 is 10.6 Å². The van der Waals surface area contributed by atoms with Crippen LogP contribution in [0.2, 0.25) is 0 Å². The number of carboxylic acid groups (broad SMARTS) is 1. The van der Waals surface area contributed by atoms with Gasteiger partial charge in [0.05, 0.1) is 17.4 Å². The summed E-state index contributed by atoms with van der Waals surface area (Å²) >= 11 is 0. The highest BCUT2D eigenvalue weighted by Crippen LogP contribution is 2.44. The van der Waals surface area contributed by atoms with Gasteiger partial charge in [-0.15, -0.1) is 0 Å². The molecular formula is C27H27N3O5. The molecule has 35 heavy (non-hydrogen) atoms. The van der Waals surface area contributed by atoms with Crippen LogP contribution >= 0.6 is 0 Å². The molecule has 0 radical (unpaired) electrons. The van der Waals surface area contributed by atoms with E-state index >= 15 is 0 Å². The van der Waals surface area contributed by atoms with E-state index in [9.17, 15) is 14.4 Å². The van der Waals surface area contributed by atoms with Crippen LogP contribution in [-0.4, -0.2) is 40.7 Å². The maximum atomic E-state index is 12.9. The first kappa shape index (κ1) is 23.9. The fourth-order valence-corrected chi connectivity index (χ4v) is 4.31. The second kappa shape index (κ2) is 10.8. The first-order chi connectivity index (χ1) is 17.0. The fourth-order valence-electron chi connectivity index (χ4n) is 4.31. The standard InChI is InChI=1S/C27H27N3O5/c1-2-3-12-24(25(31)29-18-13-17(26(32)33)14-28-15-18)30-27(34)35-16-23-21-10-6-4-8-19(21)20-9-5-7-11-22(20)23/h4-11,13-15,23-24H,2-3,12,16H2,1H3,(H,29,31)(H,30,34)(H,32,33). The van der Waals surface area contributed by atoms with Crippen molar-refractivity contribution in [1.29, 1.82) is 0 Å². The van der Waals surface area contributed by atoms with Crippen LogP contribution in [0.5, 0.6) is 0 Å². The molecule has 4 rings (SSSR count). The Bertz CT molecular complexity index is 1200. The predicted octanol–water partition coefficient (Wildman–Crippen LogP) is 4.82. The minimum absolute atomic E-state index is 0.0441. The summed E-state index contributed by atoms with van der Waals surface area (Å²) in [6.45, 7) is 2.13. The van der Waals surface area contributed by atoms with Crippen LogP contribution in [0.1, 0.15) is 53.6 Å². The van der Waals surface area contributed by atoms with Crippen LogP contribution in [0, 0.1) is 0 Å². The van der Waals surface area contributed by atoms with E-state index in [1.165, 1.54) is 18.5 Å². The van der Waals surface area contributed by atoms with Crippen LogP contribution in [0.15, 0.2) is 67.0 Å². The Hall–Kier alpha value is -4.20. The van der Waals surface area contributed by atoms with Crippen molar-refractivity contribution in [3.05, 3.63) is 83.7 Å². The Balaban J connectivity index is 1.41. The number of pyridine rings is 1. The normalized spacial score (nSPS) is 12.8. The summed E-state index contributed by atoms with van der Waals surface area (Å²) in [5.41, 5.74) is 4.67. The summed E-state index contributed by atoms with van der Waals surface area (Å²) in [6.07, 6.45) is 3.84. The average molecular weight is 474 g/mol. The number of carbonyl (C=O) groups is 3. The van der Waals surface area contributed by atoms with Gasteiger partial charge in [0.1, 0.15) is 12.6 Å². The van der Waals surface area contributed by atoms with Crippen molar-refractivity contribution in [2.45, 2.75) is 38.1 Å². The monoisotopic (exact) mass is 473 g/mol. The van der Waals surface area contributed by atoms with E-state index in [-0.39, 0.29) is 23.8 Å². The third-order valence-electron chi connectivity index (χ3n) is 6.05. The number of amides is 2. The van der Waals surface area contributed by atoms with E-state index in [1.54, 1.807) is 0 Å². The number of alkyl carbamates (subject to hydrolysis) is 1. The molecule has 0 spiro atoms. The highest BCUT2D eigenvalue weighted by atomic mass is 16.5. The molecule has 0 saturated heterocycles. The lowest BCUT2D eigenvalue weighted by atomic mass is 9.98. The number of anilines is 1. The molecule has 1 aliphatic carbocycles. The first-order valence-corrected chi connectivity index (χ1v) is 11.6. The Morgan fingerprint density at radius 3 is 2.31 bits per heavy atom. The zero-order valence-electron chi connectivity index (χ0n) is 19.4. The Morgan fingerprint density at radius 1 is 1.03 bits per heavy atom. The Kier molecular flexibility index (Phi) is 7.40. The maximum absolute atomic E-state index is 12.9. The van der Waals surface area contributed by atoms with Crippen molar-refractivity contribution in [2.75, 3.05) is 11.9 Å². The number of aromatic carboxylic acids is 1. The quantitative estimate of drug-likeness (QED) is 0.410. The molecule has 1 atom stereocenters. The average Bonchev–Trinajstić information content (AvgIpc) is 3.19. The summed E-state index contributed by atoms with van der Waals surface area (Å²) < 4.78 is 5.58. The minimum Gasteiger partial charge on any atom is -0.478 e. The molecule has 1 aliphatic rings. The van der Waals surface area contributed by atoms with Crippen molar-refractivity contribution < 1.29 is 24.2 Å². The molecule has 8 heteroatoms. The third-order valence-corrected chi connectivity index (χ3v) is 6.05. The minimum atomic E-state index is -1.15. The van der Waals surface area contributed by atoms with Gasteiger partial charge in [-0.2, -0.15) is 0 Å². The van der Waals surface area contributed by atoms with Gasteiger partial charge in [-0.25, -0.2) is 9.59 Å². The van der Waals surface area contributed by atoms with Crippen LogP contribution in [0.4, 0.5) is 10.5 Å². The number of ether oxygens (including phenoxy) is 1. The van der Waals surface area contributed by atoms with Gasteiger partial charge >= 0.3 is 12.1 Å². The molecule has 0 aliphatic heterocycles. The number of hydrogen-bond acceptors (Lipinski definition) is 5. The van der Waals surface area contributed by atoms with E-state index < -0.39 is 24.0 Å². The van der Waals surface area contributed by atoms with E-state index in [0.29, 0.717) is 6.42 Å². The number of benzene rings is 2. The van der Waals surface area contributed by atoms with Gasteiger partial charge in [0.2, 0.25) is 5.91 Å². The smallest absolute Gasteiger partial charge is 0.407 e. The third kappa shape index (κ3) is 5.48. The molecule has 3 N–H and O–H groups in total. The molecular weight excluding hydrogens is 446 g/mol.